The number of pyridine rings is 1. The van der Waals surface area contributed by atoms with Crippen LogP contribution in [0.5, 0.6) is 11.5 Å². The van der Waals surface area contributed by atoms with E-state index in [1.54, 1.807) is 25.5 Å². The van der Waals surface area contributed by atoms with Gasteiger partial charge in [0.15, 0.2) is 35.1 Å². The smallest absolute Gasteiger partial charge is 0.275 e. The topological polar surface area (TPSA) is 166 Å². The van der Waals surface area contributed by atoms with E-state index in [4.69, 9.17) is 9.47 Å². The molecular formula is C23H23N7O6. The maximum absolute atomic E-state index is 12.2. The van der Waals surface area contributed by atoms with Crippen LogP contribution >= 0.6 is 0 Å². The molecule has 4 unspecified atom stereocenters. The number of fused-ring (bicyclic) bond motifs is 1. The predicted molar refractivity (Wildman–Crippen MR) is 126 cm³/mol. The number of benzene rings is 1. The Kier molecular flexibility index (Phi) is 6.43. The quantitative estimate of drug-likeness (QED) is 0.272. The van der Waals surface area contributed by atoms with E-state index >= 15 is 0 Å². The fourth-order valence-electron chi connectivity index (χ4n) is 3.89. The average Bonchev–Trinajstić information content (AvgIpc) is 3.45. The minimum atomic E-state index is -1.50. The van der Waals surface area contributed by atoms with E-state index in [-0.39, 0.29) is 0 Å². The number of hydroxylamine groups is 1. The van der Waals surface area contributed by atoms with Crippen LogP contribution in [0.3, 0.4) is 0 Å². The Morgan fingerprint density at radius 2 is 1.92 bits per heavy atom. The molecule has 4 aromatic rings. The van der Waals surface area contributed by atoms with Crippen LogP contribution in [-0.4, -0.2) is 73.1 Å². The standard InChI is InChI=1S/C23H23N7O6/c1-24-20-15-21(30(11-26-15)23-17(32)16(31)18(36-23)22(33)29-34-2)28-19(27-20)12-8-14(10-25-9-12)35-13-6-4-3-5-7-13/h3-11,16-18,23,31-32H,1-2H3,(H,29,33)(H,24,27,28). The van der Waals surface area contributed by atoms with Crippen LogP contribution < -0.4 is 15.5 Å². The van der Waals surface area contributed by atoms with Crippen LogP contribution in [0.25, 0.3) is 22.6 Å². The van der Waals surface area contributed by atoms with Gasteiger partial charge in [-0.1, -0.05) is 18.2 Å². The number of hydrogen-bond acceptors (Lipinski definition) is 11. The summed E-state index contributed by atoms with van der Waals surface area (Å²) in [7, 11) is 2.94. The Hall–Kier alpha value is -4.17. The Morgan fingerprint density at radius 1 is 1.11 bits per heavy atom. The van der Waals surface area contributed by atoms with Crippen LogP contribution in [0.15, 0.2) is 55.1 Å². The monoisotopic (exact) mass is 493 g/mol. The third kappa shape index (κ3) is 4.31. The van der Waals surface area contributed by atoms with Crippen molar-refractivity contribution in [3.05, 3.63) is 55.1 Å². The lowest BCUT2D eigenvalue weighted by Gasteiger charge is -2.17. The third-order valence-electron chi connectivity index (χ3n) is 5.58. The molecule has 1 fully saturated rings. The van der Waals surface area contributed by atoms with Gasteiger partial charge in [0.2, 0.25) is 0 Å². The first-order chi connectivity index (χ1) is 17.5. The first kappa shape index (κ1) is 23.6. The van der Waals surface area contributed by atoms with Crippen LogP contribution in [0.4, 0.5) is 5.82 Å². The molecule has 0 aliphatic carbocycles. The molecule has 4 heterocycles. The summed E-state index contributed by atoms with van der Waals surface area (Å²) in [5.41, 5.74) is 3.38. The fourth-order valence-corrected chi connectivity index (χ4v) is 3.89. The molecule has 4 N–H and O–H groups in total. The minimum absolute atomic E-state index is 0.307. The summed E-state index contributed by atoms with van der Waals surface area (Å²) in [5, 5.41) is 24.0. The van der Waals surface area contributed by atoms with Crippen LogP contribution in [0.1, 0.15) is 6.23 Å². The highest BCUT2D eigenvalue weighted by Crippen LogP contribution is 2.34. The van der Waals surface area contributed by atoms with Gasteiger partial charge in [0.1, 0.15) is 23.7 Å². The zero-order valence-electron chi connectivity index (χ0n) is 19.3. The maximum Gasteiger partial charge on any atom is 0.275 e. The van der Waals surface area contributed by atoms with Gasteiger partial charge in [0, 0.05) is 18.8 Å². The summed E-state index contributed by atoms with van der Waals surface area (Å²) in [4.78, 5) is 34.5. The number of hydrogen-bond donors (Lipinski definition) is 4. The summed E-state index contributed by atoms with van der Waals surface area (Å²) in [6, 6.07) is 11.0. The van der Waals surface area contributed by atoms with E-state index in [1.165, 1.54) is 18.0 Å². The molecule has 0 bridgehead atoms. The summed E-state index contributed by atoms with van der Waals surface area (Å²) in [5.74, 6) is 1.14. The Morgan fingerprint density at radius 3 is 2.67 bits per heavy atom. The number of ether oxygens (including phenoxy) is 2. The van der Waals surface area contributed by atoms with Gasteiger partial charge in [-0.05, 0) is 18.2 Å². The number of nitrogens with zero attached hydrogens (tertiary/aromatic N) is 5. The number of imidazole rings is 1. The van der Waals surface area contributed by atoms with E-state index in [9.17, 15) is 15.0 Å². The Labute approximate surface area is 204 Å². The Bertz CT molecular complexity index is 1380. The average molecular weight is 493 g/mol. The minimum Gasteiger partial charge on any atom is -0.456 e. The van der Waals surface area contributed by atoms with Crippen molar-refractivity contribution in [3.8, 4) is 22.9 Å². The lowest BCUT2D eigenvalue weighted by atomic mass is 10.1. The highest BCUT2D eigenvalue weighted by atomic mass is 16.6. The van der Waals surface area contributed by atoms with Gasteiger partial charge < -0.3 is 25.0 Å². The molecule has 0 saturated carbocycles. The van der Waals surface area contributed by atoms with Crippen molar-refractivity contribution in [2.24, 2.45) is 0 Å². The zero-order valence-corrected chi connectivity index (χ0v) is 19.3. The summed E-state index contributed by atoms with van der Waals surface area (Å²) >= 11 is 0. The van der Waals surface area contributed by atoms with E-state index in [0.29, 0.717) is 39.9 Å². The van der Waals surface area contributed by atoms with E-state index in [0.717, 1.165) is 0 Å². The second-order valence-corrected chi connectivity index (χ2v) is 7.89. The largest absolute Gasteiger partial charge is 0.456 e. The number of carbonyl (C=O) groups excluding carboxylic acids is 1. The van der Waals surface area contributed by atoms with Crippen LogP contribution in [-0.2, 0) is 14.4 Å². The van der Waals surface area contributed by atoms with Crippen molar-refractivity contribution in [2.45, 2.75) is 24.5 Å². The number of aliphatic hydroxyl groups excluding tert-OH is 2. The molecule has 1 amide bonds. The molecule has 5 rings (SSSR count). The van der Waals surface area contributed by atoms with Gasteiger partial charge >= 0.3 is 0 Å². The lowest BCUT2D eigenvalue weighted by Crippen LogP contribution is -2.42. The molecule has 1 aliphatic heterocycles. The normalized spacial score (nSPS) is 21.4. The number of aromatic nitrogens is 5. The van der Waals surface area contributed by atoms with Crippen LogP contribution in [0.2, 0.25) is 0 Å². The number of amides is 1. The molecule has 1 aliphatic rings. The van der Waals surface area contributed by atoms with Crippen molar-refractivity contribution in [3.63, 3.8) is 0 Å². The van der Waals surface area contributed by atoms with Crippen molar-refractivity contribution in [2.75, 3.05) is 19.5 Å². The number of anilines is 1. The molecule has 13 heteroatoms. The molecule has 36 heavy (non-hydrogen) atoms. The van der Waals surface area contributed by atoms with Crippen molar-refractivity contribution < 1.29 is 29.3 Å². The molecule has 3 aromatic heterocycles. The van der Waals surface area contributed by atoms with Crippen molar-refractivity contribution in [1.82, 2.24) is 30.0 Å². The van der Waals surface area contributed by atoms with Crippen molar-refractivity contribution >= 4 is 22.9 Å². The Balaban J connectivity index is 1.52. The second kappa shape index (κ2) is 9.83. The van der Waals surface area contributed by atoms with Gasteiger partial charge in [0.05, 0.1) is 19.6 Å². The SMILES string of the molecule is CNc1nc(-c2cncc(Oc3ccccc3)c2)nc2c1ncn2C1OC(C(=O)NOC)C(O)C1O. The van der Waals surface area contributed by atoms with E-state index in [1.807, 2.05) is 30.3 Å². The highest BCUT2D eigenvalue weighted by Gasteiger charge is 2.48. The van der Waals surface area contributed by atoms with Gasteiger partial charge in [-0.25, -0.2) is 20.4 Å². The summed E-state index contributed by atoms with van der Waals surface area (Å²) < 4.78 is 13.0. The van der Waals surface area contributed by atoms with Crippen LogP contribution in [0, 0.1) is 0 Å². The molecule has 0 spiro atoms. The van der Waals surface area contributed by atoms with Crippen molar-refractivity contribution in [1.29, 1.82) is 0 Å². The molecular weight excluding hydrogens is 470 g/mol. The van der Waals surface area contributed by atoms with Gasteiger partial charge in [-0.15, -0.1) is 0 Å². The molecule has 1 saturated heterocycles. The zero-order chi connectivity index (χ0) is 25.2. The van der Waals surface area contributed by atoms with E-state index in [2.05, 4.69) is 35.6 Å². The molecule has 186 valence electrons. The number of carbonyl (C=O) groups is 1. The second-order valence-electron chi connectivity index (χ2n) is 7.89. The first-order valence-corrected chi connectivity index (χ1v) is 10.9. The van der Waals surface area contributed by atoms with Gasteiger partial charge in [0.25, 0.3) is 5.91 Å². The maximum atomic E-state index is 12.2. The van der Waals surface area contributed by atoms with E-state index < -0.39 is 30.4 Å². The van der Waals surface area contributed by atoms with Gasteiger partial charge in [-0.2, -0.15) is 0 Å². The molecule has 0 radical (unpaired) electrons. The molecule has 13 nitrogen and oxygen atoms in total. The molecule has 1 aromatic carbocycles. The highest BCUT2D eigenvalue weighted by molar-refractivity contribution is 5.85. The van der Waals surface area contributed by atoms with Gasteiger partial charge in [-0.3, -0.25) is 19.2 Å². The summed E-state index contributed by atoms with van der Waals surface area (Å²) in [6.45, 7) is 0. The number of para-hydroxylation sites is 1. The number of rotatable bonds is 7. The predicted octanol–water partition coefficient (Wildman–Crippen LogP) is 1.02. The first-order valence-electron chi connectivity index (χ1n) is 10.9. The fraction of sp³-hybridized carbons (Fsp3) is 0.261. The lowest BCUT2D eigenvalue weighted by molar-refractivity contribution is -0.148. The third-order valence-corrected chi connectivity index (χ3v) is 5.58. The molecule has 4 atom stereocenters. The summed E-state index contributed by atoms with van der Waals surface area (Å²) in [6.07, 6.45) is -0.865. The number of nitrogens with one attached hydrogen (secondary N) is 2. The number of aliphatic hydroxyl groups is 2.